The summed E-state index contributed by atoms with van der Waals surface area (Å²) < 4.78 is 5.21. The average Bonchev–Trinajstić information content (AvgIpc) is 2.65. The summed E-state index contributed by atoms with van der Waals surface area (Å²) in [6, 6.07) is 7.38. The lowest BCUT2D eigenvalue weighted by molar-refractivity contribution is -0.154. The second-order valence-corrected chi connectivity index (χ2v) is 6.45. The van der Waals surface area contributed by atoms with Gasteiger partial charge in [0.05, 0.1) is 5.41 Å². The average molecular weight is 347 g/mol. The van der Waals surface area contributed by atoms with Crippen molar-refractivity contribution in [2.45, 2.75) is 39.0 Å². The molecule has 0 radical (unpaired) electrons. The fraction of sp³-hybridized carbons (Fsp3) is 0.526. The summed E-state index contributed by atoms with van der Waals surface area (Å²) in [4.78, 5) is 35.7. The fourth-order valence-corrected chi connectivity index (χ4v) is 2.88. The molecular weight excluding hydrogens is 322 g/mol. The van der Waals surface area contributed by atoms with Crippen LogP contribution in [0, 0.1) is 5.41 Å². The zero-order valence-electron chi connectivity index (χ0n) is 14.5. The van der Waals surface area contributed by atoms with Gasteiger partial charge in [-0.2, -0.15) is 0 Å². The standard InChI is InChI=1S/C19H25NO5/c1-2-14-3-5-15(6-4-14)16(21)7-8-17(22)20-13-19(18(23)24)9-11-25-12-10-19/h3-6H,2,7-13H2,1H3,(H,20,22)(H,23,24). The van der Waals surface area contributed by atoms with E-state index < -0.39 is 11.4 Å². The lowest BCUT2D eigenvalue weighted by Crippen LogP contribution is -2.46. The smallest absolute Gasteiger partial charge is 0.311 e. The highest BCUT2D eigenvalue weighted by Gasteiger charge is 2.40. The molecule has 0 aromatic heterocycles. The number of carbonyl (C=O) groups excluding carboxylic acids is 2. The maximum atomic E-state index is 12.1. The van der Waals surface area contributed by atoms with E-state index in [1.165, 1.54) is 0 Å². The molecule has 1 aliphatic rings. The SMILES string of the molecule is CCc1ccc(C(=O)CCC(=O)NCC2(C(=O)O)CCOCC2)cc1. The number of ketones is 1. The van der Waals surface area contributed by atoms with E-state index in [1.54, 1.807) is 12.1 Å². The molecule has 25 heavy (non-hydrogen) atoms. The Balaban J connectivity index is 1.81. The van der Waals surface area contributed by atoms with Crippen molar-refractivity contribution in [2.75, 3.05) is 19.8 Å². The van der Waals surface area contributed by atoms with E-state index in [2.05, 4.69) is 5.32 Å². The molecule has 0 unspecified atom stereocenters. The topological polar surface area (TPSA) is 92.7 Å². The molecule has 1 aromatic rings. The van der Waals surface area contributed by atoms with E-state index in [1.807, 2.05) is 19.1 Å². The minimum Gasteiger partial charge on any atom is -0.481 e. The number of carboxylic acids is 1. The number of carbonyl (C=O) groups is 3. The molecule has 1 heterocycles. The quantitative estimate of drug-likeness (QED) is 0.703. The number of Topliss-reactive ketones (excluding diaryl/α,β-unsaturated/α-hetero) is 1. The van der Waals surface area contributed by atoms with Gasteiger partial charge in [-0.25, -0.2) is 0 Å². The molecule has 136 valence electrons. The van der Waals surface area contributed by atoms with Crippen molar-refractivity contribution in [1.29, 1.82) is 0 Å². The van der Waals surface area contributed by atoms with Gasteiger partial charge in [-0.3, -0.25) is 14.4 Å². The van der Waals surface area contributed by atoms with Crippen molar-refractivity contribution in [2.24, 2.45) is 5.41 Å². The molecule has 0 bridgehead atoms. The summed E-state index contributed by atoms with van der Waals surface area (Å²) in [7, 11) is 0. The first-order valence-electron chi connectivity index (χ1n) is 8.67. The van der Waals surface area contributed by atoms with Gasteiger partial charge in [-0.15, -0.1) is 0 Å². The van der Waals surface area contributed by atoms with Crippen molar-refractivity contribution in [3.05, 3.63) is 35.4 Å². The summed E-state index contributed by atoms with van der Waals surface area (Å²) >= 11 is 0. The Hall–Kier alpha value is -2.21. The minimum atomic E-state index is -0.964. The Morgan fingerprint density at radius 1 is 1.12 bits per heavy atom. The summed E-state index contributed by atoms with van der Waals surface area (Å²) in [5.41, 5.74) is 0.787. The predicted octanol–water partition coefficient (Wildman–Crippen LogP) is 2.21. The Morgan fingerprint density at radius 2 is 1.76 bits per heavy atom. The Bertz CT molecular complexity index is 617. The van der Waals surface area contributed by atoms with E-state index in [-0.39, 0.29) is 31.1 Å². The van der Waals surface area contributed by atoms with E-state index in [4.69, 9.17) is 4.74 Å². The first kappa shape index (κ1) is 19.1. The van der Waals surface area contributed by atoms with Gasteiger partial charge in [0.1, 0.15) is 0 Å². The number of hydrogen-bond acceptors (Lipinski definition) is 4. The van der Waals surface area contributed by atoms with Crippen molar-refractivity contribution in [3.63, 3.8) is 0 Å². The molecule has 1 aliphatic heterocycles. The van der Waals surface area contributed by atoms with Gasteiger partial charge < -0.3 is 15.2 Å². The van der Waals surface area contributed by atoms with E-state index in [9.17, 15) is 19.5 Å². The molecule has 2 N–H and O–H groups in total. The molecule has 0 aliphatic carbocycles. The number of hydrogen-bond donors (Lipinski definition) is 2. The summed E-state index contributed by atoms with van der Waals surface area (Å²) in [6.07, 6.45) is 1.84. The Kier molecular flexibility index (Phi) is 6.70. The molecule has 1 fully saturated rings. The second-order valence-electron chi connectivity index (χ2n) is 6.45. The number of ether oxygens (including phenoxy) is 1. The van der Waals surface area contributed by atoms with Crippen LogP contribution >= 0.6 is 0 Å². The van der Waals surface area contributed by atoms with Crippen LogP contribution < -0.4 is 5.32 Å². The molecule has 6 nitrogen and oxygen atoms in total. The Morgan fingerprint density at radius 3 is 2.32 bits per heavy atom. The molecular formula is C19H25NO5. The zero-order chi connectivity index (χ0) is 18.3. The number of carboxylic acid groups (broad SMARTS) is 1. The maximum Gasteiger partial charge on any atom is 0.311 e. The van der Waals surface area contributed by atoms with Gasteiger partial charge >= 0.3 is 5.97 Å². The summed E-state index contributed by atoms with van der Waals surface area (Å²) in [5.74, 6) is -1.30. The number of benzene rings is 1. The highest BCUT2D eigenvalue weighted by Crippen LogP contribution is 2.30. The van der Waals surface area contributed by atoms with Crippen LogP contribution in [0.2, 0.25) is 0 Å². The first-order chi connectivity index (χ1) is 12.0. The van der Waals surface area contributed by atoms with Gasteiger partial charge in [-0.05, 0) is 24.8 Å². The molecule has 2 rings (SSSR count). The van der Waals surface area contributed by atoms with Crippen molar-refractivity contribution in [3.8, 4) is 0 Å². The van der Waals surface area contributed by atoms with Crippen LogP contribution in [0.1, 0.15) is 48.5 Å². The summed E-state index contributed by atoms with van der Waals surface area (Å²) in [5, 5.41) is 12.1. The van der Waals surface area contributed by atoms with Gasteiger partial charge in [0, 0.05) is 38.2 Å². The maximum absolute atomic E-state index is 12.1. The number of amides is 1. The molecule has 0 saturated carbocycles. The van der Waals surface area contributed by atoms with Crippen LogP contribution in [0.4, 0.5) is 0 Å². The van der Waals surface area contributed by atoms with Gasteiger partial charge in [-0.1, -0.05) is 31.2 Å². The van der Waals surface area contributed by atoms with Crippen molar-refractivity contribution in [1.82, 2.24) is 5.32 Å². The zero-order valence-corrected chi connectivity index (χ0v) is 14.5. The van der Waals surface area contributed by atoms with Crippen molar-refractivity contribution >= 4 is 17.7 Å². The molecule has 0 spiro atoms. The second kappa shape index (κ2) is 8.76. The van der Waals surface area contributed by atoms with Crippen LogP contribution in [0.3, 0.4) is 0 Å². The van der Waals surface area contributed by atoms with Crippen molar-refractivity contribution < 1.29 is 24.2 Å². The predicted molar refractivity (Wildman–Crippen MR) is 92.5 cm³/mol. The fourth-order valence-electron chi connectivity index (χ4n) is 2.88. The summed E-state index contributed by atoms with van der Waals surface area (Å²) in [6.45, 7) is 2.89. The van der Waals surface area contributed by atoms with Gasteiger partial charge in [0.25, 0.3) is 0 Å². The van der Waals surface area contributed by atoms with Crippen LogP contribution in [-0.4, -0.2) is 42.5 Å². The lowest BCUT2D eigenvalue weighted by atomic mass is 9.80. The molecule has 1 aromatic carbocycles. The third-order valence-corrected chi connectivity index (χ3v) is 4.79. The van der Waals surface area contributed by atoms with Crippen LogP contribution in [0.5, 0.6) is 0 Å². The third kappa shape index (κ3) is 5.13. The number of rotatable bonds is 8. The Labute approximate surface area is 147 Å². The molecule has 6 heteroatoms. The number of nitrogens with one attached hydrogen (secondary N) is 1. The van der Waals surface area contributed by atoms with Gasteiger partial charge in [0.2, 0.25) is 5.91 Å². The largest absolute Gasteiger partial charge is 0.481 e. The van der Waals surface area contributed by atoms with Gasteiger partial charge in [0.15, 0.2) is 5.78 Å². The highest BCUT2D eigenvalue weighted by molar-refractivity contribution is 5.98. The van der Waals surface area contributed by atoms with E-state index >= 15 is 0 Å². The number of aryl methyl sites for hydroxylation is 1. The van der Waals surface area contributed by atoms with Crippen LogP contribution in [0.15, 0.2) is 24.3 Å². The lowest BCUT2D eigenvalue weighted by Gasteiger charge is -2.33. The first-order valence-corrected chi connectivity index (χ1v) is 8.67. The third-order valence-electron chi connectivity index (χ3n) is 4.79. The van der Waals surface area contributed by atoms with E-state index in [0.29, 0.717) is 31.6 Å². The molecule has 1 amide bonds. The molecule has 0 atom stereocenters. The normalized spacial score (nSPS) is 16.2. The minimum absolute atomic E-state index is 0.0561. The molecule has 1 saturated heterocycles. The highest BCUT2D eigenvalue weighted by atomic mass is 16.5. The number of aliphatic carboxylic acids is 1. The van der Waals surface area contributed by atoms with Crippen LogP contribution in [-0.2, 0) is 20.7 Å². The monoisotopic (exact) mass is 347 g/mol. The van der Waals surface area contributed by atoms with Crippen LogP contribution in [0.25, 0.3) is 0 Å². The van der Waals surface area contributed by atoms with E-state index in [0.717, 1.165) is 12.0 Å².